The van der Waals surface area contributed by atoms with Crippen LogP contribution in [0.15, 0.2) is 0 Å². The fourth-order valence-corrected chi connectivity index (χ4v) is 4.17. The van der Waals surface area contributed by atoms with E-state index in [0.717, 1.165) is 8.61 Å². The van der Waals surface area contributed by atoms with Crippen molar-refractivity contribution in [1.82, 2.24) is 8.61 Å². The Hall–Kier alpha value is -1.19. The number of hydrogen-bond acceptors (Lipinski definition) is 5. The molecule has 1 heterocycles. The Morgan fingerprint density at radius 1 is 1.43 bits per heavy atom. The molecule has 0 aliphatic carbocycles. The normalized spacial score (nSPS) is 21.4. The maximum Gasteiger partial charge on any atom is 0.324 e. The highest BCUT2D eigenvalue weighted by Crippen LogP contribution is 2.25. The van der Waals surface area contributed by atoms with Gasteiger partial charge in [-0.25, -0.2) is 0 Å². The van der Waals surface area contributed by atoms with E-state index in [2.05, 4.69) is 0 Å². The zero-order valence-electron chi connectivity index (χ0n) is 12.5. The number of carboxylic acids is 1. The summed E-state index contributed by atoms with van der Waals surface area (Å²) in [5.74, 6) is -1.80. The van der Waals surface area contributed by atoms with Gasteiger partial charge in [0.15, 0.2) is 0 Å². The van der Waals surface area contributed by atoms with Gasteiger partial charge in [0.25, 0.3) is 10.2 Å². The standard InChI is InChI=1S/C12H22N2O6S/c1-4-9(11(15)16)13(3)21(18,19)14-8-6-7-10(14)12(17)20-5-2/h9-10H,4-8H2,1-3H3,(H,15,16). The molecule has 1 aliphatic rings. The molecular weight excluding hydrogens is 300 g/mol. The topological polar surface area (TPSA) is 104 Å². The number of likely N-dealkylation sites (N-methyl/N-ethyl adjacent to an activating group) is 1. The lowest BCUT2D eigenvalue weighted by molar-refractivity contribution is -0.146. The molecule has 1 N–H and O–H groups in total. The minimum absolute atomic E-state index is 0.142. The third-order valence-corrected chi connectivity index (χ3v) is 5.55. The van der Waals surface area contributed by atoms with Gasteiger partial charge in [0.05, 0.1) is 6.61 Å². The van der Waals surface area contributed by atoms with Crippen LogP contribution in [0.25, 0.3) is 0 Å². The zero-order chi connectivity index (χ0) is 16.2. The van der Waals surface area contributed by atoms with Crippen LogP contribution in [0.2, 0.25) is 0 Å². The van der Waals surface area contributed by atoms with Crippen molar-refractivity contribution in [3.8, 4) is 0 Å². The SMILES string of the molecule is CCOC(=O)C1CCCN1S(=O)(=O)N(C)C(CC)C(=O)O. The van der Waals surface area contributed by atoms with Crippen LogP contribution in [0.3, 0.4) is 0 Å². The Kier molecular flexibility index (Phi) is 6.11. The second-order valence-electron chi connectivity index (χ2n) is 4.81. The van der Waals surface area contributed by atoms with Crippen molar-refractivity contribution in [2.75, 3.05) is 20.2 Å². The summed E-state index contributed by atoms with van der Waals surface area (Å²) in [6, 6.07) is -2.03. The van der Waals surface area contributed by atoms with E-state index < -0.39 is 34.2 Å². The number of ether oxygens (including phenoxy) is 1. The molecule has 0 aromatic rings. The van der Waals surface area contributed by atoms with Gasteiger partial charge >= 0.3 is 11.9 Å². The van der Waals surface area contributed by atoms with E-state index in [1.54, 1.807) is 13.8 Å². The minimum atomic E-state index is -4.02. The zero-order valence-corrected chi connectivity index (χ0v) is 13.3. The maximum atomic E-state index is 12.5. The molecule has 1 saturated heterocycles. The monoisotopic (exact) mass is 322 g/mol. The van der Waals surface area contributed by atoms with E-state index in [9.17, 15) is 18.0 Å². The molecule has 0 bridgehead atoms. The summed E-state index contributed by atoms with van der Waals surface area (Å²) in [6.45, 7) is 3.60. The molecule has 0 radical (unpaired) electrons. The number of rotatable bonds is 7. The number of carbonyl (C=O) groups is 2. The lowest BCUT2D eigenvalue weighted by Gasteiger charge is -2.30. The van der Waals surface area contributed by atoms with Crippen LogP contribution in [-0.4, -0.2) is 66.4 Å². The third-order valence-electron chi connectivity index (χ3n) is 3.53. The van der Waals surface area contributed by atoms with Crippen molar-refractivity contribution in [2.24, 2.45) is 0 Å². The molecule has 21 heavy (non-hydrogen) atoms. The largest absolute Gasteiger partial charge is 0.480 e. The molecule has 0 aromatic carbocycles. The molecule has 1 aliphatic heterocycles. The van der Waals surface area contributed by atoms with Crippen LogP contribution in [0, 0.1) is 0 Å². The first-order valence-electron chi connectivity index (χ1n) is 6.91. The second kappa shape index (κ2) is 7.19. The molecule has 9 heteroatoms. The van der Waals surface area contributed by atoms with Gasteiger partial charge in [-0.1, -0.05) is 6.92 Å². The number of nitrogens with zero attached hydrogens (tertiary/aromatic N) is 2. The summed E-state index contributed by atoms with van der Waals surface area (Å²) in [5.41, 5.74) is 0. The highest BCUT2D eigenvalue weighted by molar-refractivity contribution is 7.86. The summed E-state index contributed by atoms with van der Waals surface area (Å²) >= 11 is 0. The smallest absolute Gasteiger partial charge is 0.324 e. The molecule has 122 valence electrons. The Balaban J connectivity index is 3.00. The highest BCUT2D eigenvalue weighted by atomic mass is 32.2. The van der Waals surface area contributed by atoms with Gasteiger partial charge in [0, 0.05) is 13.6 Å². The predicted molar refractivity (Wildman–Crippen MR) is 74.8 cm³/mol. The van der Waals surface area contributed by atoms with E-state index in [1.165, 1.54) is 7.05 Å². The van der Waals surface area contributed by atoms with Crippen molar-refractivity contribution in [2.45, 2.75) is 45.2 Å². The van der Waals surface area contributed by atoms with Crippen LogP contribution in [0.4, 0.5) is 0 Å². The number of carboxylic acid groups (broad SMARTS) is 1. The number of hydrogen-bond donors (Lipinski definition) is 1. The fraction of sp³-hybridized carbons (Fsp3) is 0.833. The van der Waals surface area contributed by atoms with Crippen LogP contribution >= 0.6 is 0 Å². The predicted octanol–water partition coefficient (Wildman–Crippen LogP) is 0.0537. The Morgan fingerprint density at radius 2 is 2.05 bits per heavy atom. The molecule has 2 unspecified atom stereocenters. The van der Waals surface area contributed by atoms with Crippen LogP contribution < -0.4 is 0 Å². The average Bonchev–Trinajstić information content (AvgIpc) is 2.89. The first-order valence-corrected chi connectivity index (χ1v) is 8.31. The van der Waals surface area contributed by atoms with Gasteiger partial charge in [-0.05, 0) is 26.2 Å². The summed E-state index contributed by atoms with van der Waals surface area (Å²) in [7, 11) is -2.80. The second-order valence-corrected chi connectivity index (χ2v) is 6.75. The van der Waals surface area contributed by atoms with Crippen molar-refractivity contribution in [3.63, 3.8) is 0 Å². The molecule has 8 nitrogen and oxygen atoms in total. The van der Waals surface area contributed by atoms with Crippen molar-refractivity contribution < 1.29 is 27.9 Å². The lowest BCUT2D eigenvalue weighted by atomic mass is 10.2. The van der Waals surface area contributed by atoms with Crippen LogP contribution in [-0.2, 0) is 24.5 Å². The first-order chi connectivity index (χ1) is 9.77. The molecule has 0 saturated carbocycles. The number of carbonyl (C=O) groups excluding carboxylic acids is 1. The molecular formula is C12H22N2O6S. The third kappa shape index (κ3) is 3.72. The van der Waals surface area contributed by atoms with Crippen molar-refractivity contribution in [1.29, 1.82) is 0 Å². The Bertz CT molecular complexity index is 492. The number of esters is 1. The molecule has 1 fully saturated rings. The van der Waals surface area contributed by atoms with E-state index in [0.29, 0.717) is 12.8 Å². The first kappa shape index (κ1) is 17.9. The number of aliphatic carboxylic acids is 1. The van der Waals surface area contributed by atoms with Gasteiger partial charge < -0.3 is 9.84 Å². The summed E-state index contributed by atoms with van der Waals surface area (Å²) in [6.07, 6.45) is 1.07. The molecule has 1 rings (SSSR count). The van der Waals surface area contributed by atoms with Crippen LogP contribution in [0.5, 0.6) is 0 Å². The maximum absolute atomic E-state index is 12.5. The van der Waals surface area contributed by atoms with Gasteiger partial charge in [-0.3, -0.25) is 9.59 Å². The van der Waals surface area contributed by atoms with Crippen LogP contribution in [0.1, 0.15) is 33.1 Å². The van der Waals surface area contributed by atoms with E-state index in [4.69, 9.17) is 9.84 Å². The van der Waals surface area contributed by atoms with Gasteiger partial charge in [0.2, 0.25) is 0 Å². The van der Waals surface area contributed by atoms with Gasteiger partial charge in [-0.15, -0.1) is 0 Å². The summed E-state index contributed by atoms with van der Waals surface area (Å²) < 4.78 is 31.8. The quantitative estimate of drug-likeness (QED) is 0.664. The summed E-state index contributed by atoms with van der Waals surface area (Å²) in [5, 5.41) is 9.09. The minimum Gasteiger partial charge on any atom is -0.480 e. The van der Waals surface area contributed by atoms with Crippen molar-refractivity contribution >= 4 is 22.1 Å². The van der Waals surface area contributed by atoms with Gasteiger partial charge in [0.1, 0.15) is 12.1 Å². The Morgan fingerprint density at radius 3 is 2.52 bits per heavy atom. The summed E-state index contributed by atoms with van der Waals surface area (Å²) in [4.78, 5) is 23.0. The molecule has 0 spiro atoms. The highest BCUT2D eigenvalue weighted by Gasteiger charge is 2.43. The van der Waals surface area contributed by atoms with E-state index in [1.807, 2.05) is 0 Å². The van der Waals surface area contributed by atoms with E-state index >= 15 is 0 Å². The molecule has 2 atom stereocenters. The molecule has 0 amide bonds. The van der Waals surface area contributed by atoms with Crippen molar-refractivity contribution in [3.05, 3.63) is 0 Å². The van der Waals surface area contributed by atoms with E-state index in [-0.39, 0.29) is 19.6 Å². The average molecular weight is 322 g/mol. The lowest BCUT2D eigenvalue weighted by Crippen LogP contribution is -2.52. The van der Waals surface area contributed by atoms with Gasteiger partial charge in [-0.2, -0.15) is 17.0 Å². The Labute approximate surface area is 124 Å². The fourth-order valence-electron chi connectivity index (χ4n) is 2.40. The molecule has 0 aromatic heterocycles.